The van der Waals surface area contributed by atoms with Gasteiger partial charge in [-0.15, -0.1) is 12.4 Å². The maximum atomic E-state index is 11.7. The molecule has 1 saturated carbocycles. The highest BCUT2D eigenvalue weighted by Crippen LogP contribution is 2.32. The third kappa shape index (κ3) is 4.20. The molecule has 5 heteroatoms. The normalized spacial score (nSPS) is 18.9. The van der Waals surface area contributed by atoms with E-state index < -0.39 is 11.6 Å². The minimum absolute atomic E-state index is 0. The van der Waals surface area contributed by atoms with Crippen LogP contribution in [-0.2, 0) is 4.79 Å². The highest BCUT2D eigenvalue weighted by atomic mass is 35.5. The molecular formula is C14H21ClN2O2. The number of amides is 1. The van der Waals surface area contributed by atoms with Gasteiger partial charge < -0.3 is 16.2 Å². The van der Waals surface area contributed by atoms with Gasteiger partial charge >= 0.3 is 0 Å². The maximum absolute atomic E-state index is 11.7. The number of hydrogen-bond donors (Lipinski definition) is 3. The van der Waals surface area contributed by atoms with E-state index in [0.717, 1.165) is 18.4 Å². The van der Waals surface area contributed by atoms with Crippen LogP contribution < -0.4 is 11.1 Å². The zero-order valence-electron chi connectivity index (χ0n) is 11.0. The number of carbonyl (C=O) groups is 1. The van der Waals surface area contributed by atoms with Crippen LogP contribution in [0.25, 0.3) is 0 Å². The molecule has 1 aromatic rings. The van der Waals surface area contributed by atoms with Crippen molar-refractivity contribution in [1.82, 2.24) is 5.32 Å². The van der Waals surface area contributed by atoms with Gasteiger partial charge in [-0.2, -0.15) is 0 Å². The van der Waals surface area contributed by atoms with Gasteiger partial charge in [0.05, 0.1) is 11.6 Å². The van der Waals surface area contributed by atoms with E-state index in [4.69, 9.17) is 5.73 Å². The molecule has 1 aliphatic carbocycles. The van der Waals surface area contributed by atoms with E-state index in [1.165, 1.54) is 0 Å². The lowest BCUT2D eigenvalue weighted by Crippen LogP contribution is -2.46. The van der Waals surface area contributed by atoms with Gasteiger partial charge in [-0.3, -0.25) is 4.79 Å². The quantitative estimate of drug-likeness (QED) is 0.767. The number of nitrogens with two attached hydrogens (primary N) is 1. The molecule has 1 aromatic carbocycles. The van der Waals surface area contributed by atoms with Gasteiger partial charge in [0.2, 0.25) is 5.91 Å². The largest absolute Gasteiger partial charge is 0.388 e. The van der Waals surface area contributed by atoms with Gasteiger partial charge in [-0.25, -0.2) is 0 Å². The van der Waals surface area contributed by atoms with E-state index in [1.54, 1.807) is 0 Å². The van der Waals surface area contributed by atoms with E-state index in [0.29, 0.717) is 6.42 Å². The van der Waals surface area contributed by atoms with Gasteiger partial charge in [0.15, 0.2) is 0 Å². The molecule has 0 saturated heterocycles. The van der Waals surface area contributed by atoms with Gasteiger partial charge in [0.25, 0.3) is 0 Å². The molecular weight excluding hydrogens is 264 g/mol. The topological polar surface area (TPSA) is 75.3 Å². The Morgan fingerprint density at radius 1 is 1.42 bits per heavy atom. The van der Waals surface area contributed by atoms with Crippen molar-refractivity contribution in [3.05, 3.63) is 35.9 Å². The van der Waals surface area contributed by atoms with Crippen molar-refractivity contribution >= 4 is 18.3 Å². The molecule has 19 heavy (non-hydrogen) atoms. The lowest BCUT2D eigenvalue weighted by Gasteiger charge is -2.20. The van der Waals surface area contributed by atoms with Crippen LogP contribution in [0.3, 0.4) is 0 Å². The Labute approximate surface area is 119 Å². The average Bonchev–Trinajstić information content (AvgIpc) is 3.09. The summed E-state index contributed by atoms with van der Waals surface area (Å²) in [5.74, 6) is -0.102. The first-order chi connectivity index (χ1) is 8.51. The standard InChI is InChI=1S/C14H20N2O2.ClH/c1-10(16-13(18)14(15)7-8-14)9-12(17)11-5-3-2-4-6-11;/h2-6,10,12,17H,7-9,15H2,1H3,(H,16,18);1H. The molecule has 2 atom stereocenters. The predicted molar refractivity (Wildman–Crippen MR) is 77.0 cm³/mol. The fourth-order valence-corrected chi connectivity index (χ4v) is 1.93. The Balaban J connectivity index is 0.00000180. The van der Waals surface area contributed by atoms with Crippen LogP contribution in [0, 0.1) is 0 Å². The fraction of sp³-hybridized carbons (Fsp3) is 0.500. The number of halogens is 1. The zero-order chi connectivity index (χ0) is 13.2. The van der Waals surface area contributed by atoms with Gasteiger partial charge in [0.1, 0.15) is 0 Å². The lowest BCUT2D eigenvalue weighted by molar-refractivity contribution is -0.124. The van der Waals surface area contributed by atoms with Crippen molar-refractivity contribution in [2.45, 2.75) is 43.9 Å². The van der Waals surface area contributed by atoms with E-state index in [1.807, 2.05) is 37.3 Å². The molecule has 1 fully saturated rings. The molecule has 1 amide bonds. The van der Waals surface area contributed by atoms with Crippen LogP contribution in [0.5, 0.6) is 0 Å². The van der Waals surface area contributed by atoms with E-state index >= 15 is 0 Å². The zero-order valence-corrected chi connectivity index (χ0v) is 11.8. The van der Waals surface area contributed by atoms with Crippen LogP contribution in [0.1, 0.15) is 37.9 Å². The Morgan fingerprint density at radius 2 is 2.00 bits per heavy atom. The summed E-state index contributed by atoms with van der Waals surface area (Å²) in [4.78, 5) is 11.7. The average molecular weight is 285 g/mol. The number of benzene rings is 1. The highest BCUT2D eigenvalue weighted by Gasteiger charge is 2.46. The minimum Gasteiger partial charge on any atom is -0.388 e. The van der Waals surface area contributed by atoms with Crippen LogP contribution in [0.15, 0.2) is 30.3 Å². The summed E-state index contributed by atoms with van der Waals surface area (Å²) >= 11 is 0. The molecule has 0 heterocycles. The summed E-state index contributed by atoms with van der Waals surface area (Å²) < 4.78 is 0. The monoisotopic (exact) mass is 284 g/mol. The number of aliphatic hydroxyl groups is 1. The summed E-state index contributed by atoms with van der Waals surface area (Å²) in [6, 6.07) is 9.36. The molecule has 0 aliphatic heterocycles. The number of rotatable bonds is 5. The smallest absolute Gasteiger partial charge is 0.240 e. The van der Waals surface area contributed by atoms with E-state index in [-0.39, 0.29) is 24.4 Å². The van der Waals surface area contributed by atoms with Crippen molar-refractivity contribution in [2.75, 3.05) is 0 Å². The second kappa shape index (κ2) is 6.37. The lowest BCUT2D eigenvalue weighted by atomic mass is 10.0. The first kappa shape index (κ1) is 16.0. The van der Waals surface area contributed by atoms with Crippen LogP contribution >= 0.6 is 12.4 Å². The van der Waals surface area contributed by atoms with Crippen LogP contribution in [0.2, 0.25) is 0 Å². The summed E-state index contributed by atoms with van der Waals surface area (Å²) in [6.07, 6.45) is 1.44. The second-order valence-corrected chi connectivity index (χ2v) is 5.19. The summed E-state index contributed by atoms with van der Waals surface area (Å²) in [5, 5.41) is 12.9. The van der Waals surface area contributed by atoms with Crippen molar-refractivity contribution in [2.24, 2.45) is 5.73 Å². The third-order valence-corrected chi connectivity index (χ3v) is 3.38. The van der Waals surface area contributed by atoms with Gasteiger partial charge in [-0.05, 0) is 31.7 Å². The Hall–Kier alpha value is -1.10. The number of carbonyl (C=O) groups excluding carboxylic acids is 1. The number of nitrogens with one attached hydrogen (secondary N) is 1. The minimum atomic E-state index is -0.647. The van der Waals surface area contributed by atoms with Crippen molar-refractivity contribution in [3.63, 3.8) is 0 Å². The summed E-state index contributed by atoms with van der Waals surface area (Å²) in [5.41, 5.74) is 6.03. The van der Waals surface area contributed by atoms with Crippen LogP contribution in [0.4, 0.5) is 0 Å². The molecule has 4 N–H and O–H groups in total. The summed E-state index contributed by atoms with van der Waals surface area (Å²) in [6.45, 7) is 1.88. The Morgan fingerprint density at radius 3 is 2.53 bits per heavy atom. The van der Waals surface area contributed by atoms with Gasteiger partial charge in [-0.1, -0.05) is 30.3 Å². The van der Waals surface area contributed by atoms with Crippen molar-refractivity contribution < 1.29 is 9.90 Å². The molecule has 0 aromatic heterocycles. The Kier molecular flexibility index (Phi) is 5.35. The first-order valence-corrected chi connectivity index (χ1v) is 6.34. The molecule has 106 valence electrons. The third-order valence-electron chi connectivity index (χ3n) is 3.38. The maximum Gasteiger partial charge on any atom is 0.240 e. The molecule has 0 bridgehead atoms. The fourth-order valence-electron chi connectivity index (χ4n) is 1.93. The molecule has 0 radical (unpaired) electrons. The van der Waals surface area contributed by atoms with Crippen LogP contribution in [-0.4, -0.2) is 22.6 Å². The summed E-state index contributed by atoms with van der Waals surface area (Å²) in [7, 11) is 0. The number of hydrogen-bond acceptors (Lipinski definition) is 3. The molecule has 1 aliphatic rings. The van der Waals surface area contributed by atoms with E-state index in [9.17, 15) is 9.90 Å². The SMILES string of the molecule is CC(CC(O)c1ccccc1)NC(=O)C1(N)CC1.Cl. The van der Waals surface area contributed by atoms with E-state index in [2.05, 4.69) is 5.32 Å². The Bertz CT molecular complexity index is 421. The molecule has 2 unspecified atom stereocenters. The second-order valence-electron chi connectivity index (χ2n) is 5.19. The van der Waals surface area contributed by atoms with Gasteiger partial charge in [0, 0.05) is 6.04 Å². The molecule has 2 rings (SSSR count). The van der Waals surface area contributed by atoms with Crippen molar-refractivity contribution in [3.8, 4) is 0 Å². The highest BCUT2D eigenvalue weighted by molar-refractivity contribution is 5.89. The predicted octanol–water partition coefficient (Wildman–Crippen LogP) is 1.53. The molecule has 0 spiro atoms. The van der Waals surface area contributed by atoms with Crippen molar-refractivity contribution in [1.29, 1.82) is 0 Å². The number of aliphatic hydroxyl groups excluding tert-OH is 1. The molecule has 4 nitrogen and oxygen atoms in total. The first-order valence-electron chi connectivity index (χ1n) is 6.34.